The molecule has 8 nitrogen and oxygen atoms in total. The van der Waals surface area contributed by atoms with Gasteiger partial charge in [-0.25, -0.2) is 4.79 Å². The Morgan fingerprint density at radius 3 is 2.61 bits per heavy atom. The summed E-state index contributed by atoms with van der Waals surface area (Å²) in [5.74, 6) is -0.342. The van der Waals surface area contributed by atoms with Crippen LogP contribution in [0.1, 0.15) is 53.0 Å². The number of nitrogens with zero attached hydrogens (tertiary/aromatic N) is 2. The summed E-state index contributed by atoms with van der Waals surface area (Å²) in [6, 6.07) is 11.0. The zero-order valence-electron chi connectivity index (χ0n) is 16.2. The van der Waals surface area contributed by atoms with Crippen molar-refractivity contribution in [2.75, 3.05) is 0 Å². The molecule has 0 aliphatic carbocycles. The summed E-state index contributed by atoms with van der Waals surface area (Å²) < 4.78 is 10.7. The Balaban J connectivity index is 1.64. The molecule has 28 heavy (non-hydrogen) atoms. The van der Waals surface area contributed by atoms with E-state index in [1.807, 2.05) is 37.3 Å². The van der Waals surface area contributed by atoms with Crippen molar-refractivity contribution in [1.82, 2.24) is 20.7 Å². The van der Waals surface area contributed by atoms with Gasteiger partial charge in [0.25, 0.3) is 5.91 Å². The minimum Gasteiger partial charge on any atom is -0.455 e. The summed E-state index contributed by atoms with van der Waals surface area (Å²) in [4.78, 5) is 24.3. The van der Waals surface area contributed by atoms with Crippen LogP contribution in [0.4, 0.5) is 0 Å². The van der Waals surface area contributed by atoms with Crippen LogP contribution in [-0.4, -0.2) is 32.8 Å². The van der Waals surface area contributed by atoms with Crippen molar-refractivity contribution in [3.63, 3.8) is 0 Å². The largest absolute Gasteiger partial charge is 0.455 e. The van der Waals surface area contributed by atoms with Gasteiger partial charge in [0.15, 0.2) is 11.5 Å². The van der Waals surface area contributed by atoms with E-state index in [2.05, 4.69) is 20.7 Å². The minimum atomic E-state index is -0.633. The fourth-order valence-electron chi connectivity index (χ4n) is 2.52. The van der Waals surface area contributed by atoms with E-state index in [4.69, 9.17) is 9.26 Å². The number of benzene rings is 1. The zero-order valence-corrected chi connectivity index (χ0v) is 16.2. The van der Waals surface area contributed by atoms with Crippen LogP contribution in [0, 0.1) is 6.92 Å². The summed E-state index contributed by atoms with van der Waals surface area (Å²) >= 11 is 0. The molecule has 2 N–H and O–H groups in total. The Bertz CT molecular complexity index is 983. The molecule has 3 rings (SSSR count). The van der Waals surface area contributed by atoms with Crippen molar-refractivity contribution in [3.05, 3.63) is 59.0 Å². The molecule has 0 radical (unpaired) electrons. The first kappa shape index (κ1) is 19.3. The molecule has 1 aromatic carbocycles. The monoisotopic (exact) mass is 382 g/mol. The Kier molecular flexibility index (Phi) is 5.30. The van der Waals surface area contributed by atoms with E-state index in [1.165, 1.54) is 6.07 Å². The minimum absolute atomic E-state index is 0.0882. The highest BCUT2D eigenvalue weighted by Gasteiger charge is 2.21. The average Bonchev–Trinajstić information content (AvgIpc) is 3.26. The summed E-state index contributed by atoms with van der Waals surface area (Å²) in [5.41, 5.74) is 1.96. The van der Waals surface area contributed by atoms with E-state index in [0.29, 0.717) is 11.5 Å². The van der Waals surface area contributed by atoms with Crippen molar-refractivity contribution < 1.29 is 18.8 Å². The molecule has 0 unspecified atom stereocenters. The predicted molar refractivity (Wildman–Crippen MR) is 102 cm³/mol. The molecule has 0 spiro atoms. The molecule has 0 atom stereocenters. The summed E-state index contributed by atoms with van der Waals surface area (Å²) in [5, 5.41) is 13.2. The molecule has 1 amide bonds. The second kappa shape index (κ2) is 7.67. The fourth-order valence-corrected chi connectivity index (χ4v) is 2.52. The van der Waals surface area contributed by atoms with Crippen LogP contribution in [0.15, 0.2) is 40.9 Å². The van der Waals surface area contributed by atoms with Crippen LogP contribution in [0.2, 0.25) is 0 Å². The Morgan fingerprint density at radius 1 is 1.21 bits per heavy atom. The molecular weight excluding hydrogens is 360 g/mol. The van der Waals surface area contributed by atoms with E-state index in [1.54, 1.807) is 20.8 Å². The van der Waals surface area contributed by atoms with Crippen LogP contribution in [0.25, 0.3) is 11.3 Å². The smallest absolute Gasteiger partial charge is 0.356 e. The standard InChI is InChI=1S/C20H22N4O4/c1-12-16(24-28-17(12)13-8-6-5-7-9-13)11-21-18(25)14-10-15(23-22-14)19(26)27-20(2,3)4/h5-10H,11H2,1-4H3,(H,21,25)(H,22,23). The third kappa shape index (κ3) is 4.46. The number of H-pyrrole nitrogens is 1. The number of hydrogen-bond donors (Lipinski definition) is 2. The predicted octanol–water partition coefficient (Wildman–Crippen LogP) is 3.26. The van der Waals surface area contributed by atoms with Crippen molar-refractivity contribution >= 4 is 11.9 Å². The number of rotatable bonds is 5. The molecule has 146 valence electrons. The highest BCUT2D eigenvalue weighted by molar-refractivity contribution is 5.95. The van der Waals surface area contributed by atoms with Crippen LogP contribution in [-0.2, 0) is 11.3 Å². The number of amides is 1. The highest BCUT2D eigenvalue weighted by Crippen LogP contribution is 2.25. The van der Waals surface area contributed by atoms with Gasteiger partial charge in [-0.05, 0) is 27.7 Å². The number of ether oxygens (including phenoxy) is 1. The molecule has 0 aliphatic rings. The van der Waals surface area contributed by atoms with Crippen molar-refractivity contribution in [3.8, 4) is 11.3 Å². The van der Waals surface area contributed by atoms with E-state index in [9.17, 15) is 9.59 Å². The average molecular weight is 382 g/mol. The number of nitrogens with one attached hydrogen (secondary N) is 2. The van der Waals surface area contributed by atoms with Gasteiger partial charge in [-0.15, -0.1) is 0 Å². The lowest BCUT2D eigenvalue weighted by Crippen LogP contribution is -2.24. The van der Waals surface area contributed by atoms with E-state index >= 15 is 0 Å². The van der Waals surface area contributed by atoms with Crippen molar-refractivity contribution in [1.29, 1.82) is 0 Å². The summed E-state index contributed by atoms with van der Waals surface area (Å²) in [6.07, 6.45) is 0. The Morgan fingerprint density at radius 2 is 1.93 bits per heavy atom. The lowest BCUT2D eigenvalue weighted by atomic mass is 10.1. The molecule has 0 aliphatic heterocycles. The van der Waals surface area contributed by atoms with Gasteiger partial charge in [-0.1, -0.05) is 35.5 Å². The number of carbonyl (C=O) groups is 2. The molecule has 0 fully saturated rings. The maximum absolute atomic E-state index is 12.3. The first-order valence-electron chi connectivity index (χ1n) is 8.82. The van der Waals surface area contributed by atoms with Gasteiger partial charge in [0.1, 0.15) is 17.0 Å². The van der Waals surface area contributed by atoms with E-state index in [-0.39, 0.29) is 17.9 Å². The normalized spacial score (nSPS) is 11.3. The van der Waals surface area contributed by atoms with Crippen molar-refractivity contribution in [2.24, 2.45) is 0 Å². The van der Waals surface area contributed by atoms with E-state index < -0.39 is 17.5 Å². The molecule has 0 saturated heterocycles. The first-order valence-corrected chi connectivity index (χ1v) is 8.82. The summed E-state index contributed by atoms with van der Waals surface area (Å²) in [6.45, 7) is 7.35. The van der Waals surface area contributed by atoms with Gasteiger partial charge in [-0.2, -0.15) is 5.10 Å². The number of carbonyl (C=O) groups excluding carboxylic acids is 2. The van der Waals surface area contributed by atoms with Crippen molar-refractivity contribution in [2.45, 2.75) is 39.8 Å². The number of hydrogen-bond acceptors (Lipinski definition) is 6. The zero-order chi connectivity index (χ0) is 20.3. The topological polar surface area (TPSA) is 110 Å². The van der Waals surface area contributed by atoms with Crippen LogP contribution in [0.3, 0.4) is 0 Å². The lowest BCUT2D eigenvalue weighted by Gasteiger charge is -2.18. The van der Waals surface area contributed by atoms with Gasteiger partial charge >= 0.3 is 5.97 Å². The summed E-state index contributed by atoms with van der Waals surface area (Å²) in [7, 11) is 0. The van der Waals surface area contributed by atoms with Gasteiger partial charge < -0.3 is 14.6 Å². The van der Waals surface area contributed by atoms with Crippen LogP contribution >= 0.6 is 0 Å². The molecule has 8 heteroatoms. The number of esters is 1. The molecule has 0 bridgehead atoms. The van der Waals surface area contributed by atoms with Gasteiger partial charge in [0.05, 0.1) is 6.54 Å². The third-order valence-electron chi connectivity index (χ3n) is 3.90. The third-order valence-corrected chi connectivity index (χ3v) is 3.90. The maximum atomic E-state index is 12.3. The fraction of sp³-hybridized carbons (Fsp3) is 0.300. The molecule has 2 heterocycles. The number of aromatic nitrogens is 3. The molecular formula is C20H22N4O4. The van der Waals surface area contributed by atoms with Gasteiger partial charge in [0, 0.05) is 17.2 Å². The quantitative estimate of drug-likeness (QED) is 0.656. The lowest BCUT2D eigenvalue weighted by molar-refractivity contribution is 0.00627. The van der Waals surface area contributed by atoms with Gasteiger partial charge in [0.2, 0.25) is 0 Å². The van der Waals surface area contributed by atoms with Crippen LogP contribution in [0.5, 0.6) is 0 Å². The maximum Gasteiger partial charge on any atom is 0.356 e. The second-order valence-corrected chi connectivity index (χ2v) is 7.30. The molecule has 0 saturated carbocycles. The van der Waals surface area contributed by atoms with E-state index in [0.717, 1.165) is 11.1 Å². The first-order chi connectivity index (χ1) is 13.2. The number of aromatic amines is 1. The van der Waals surface area contributed by atoms with Crippen LogP contribution < -0.4 is 5.32 Å². The highest BCUT2D eigenvalue weighted by atomic mass is 16.6. The SMILES string of the molecule is Cc1c(CNC(=O)c2cc(C(=O)OC(C)(C)C)[nH]n2)noc1-c1ccccc1. The Labute approximate surface area is 162 Å². The Hall–Kier alpha value is -3.42. The second-order valence-electron chi connectivity index (χ2n) is 7.30. The molecule has 2 aromatic heterocycles. The molecule has 3 aromatic rings. The van der Waals surface area contributed by atoms with Gasteiger partial charge in [-0.3, -0.25) is 9.89 Å².